The molecule has 3 heterocycles. The number of alkyl halides is 3. The van der Waals surface area contributed by atoms with Gasteiger partial charge in [0.2, 0.25) is 0 Å². The van der Waals surface area contributed by atoms with Gasteiger partial charge in [-0.25, -0.2) is 15.0 Å². The molecule has 7 nitrogen and oxygen atoms in total. The third-order valence-corrected chi connectivity index (χ3v) is 4.12. The van der Waals surface area contributed by atoms with E-state index in [1.807, 2.05) is 0 Å². The van der Waals surface area contributed by atoms with Crippen molar-refractivity contribution in [1.29, 1.82) is 0 Å². The van der Waals surface area contributed by atoms with E-state index in [0.29, 0.717) is 11.6 Å². The molecule has 0 unspecified atom stereocenters. The van der Waals surface area contributed by atoms with Gasteiger partial charge in [-0.3, -0.25) is 9.78 Å². The van der Waals surface area contributed by atoms with Crippen LogP contribution >= 0.6 is 11.6 Å². The molecule has 0 radical (unpaired) electrons. The second-order valence-corrected chi connectivity index (χ2v) is 6.40. The highest BCUT2D eigenvalue weighted by Gasteiger charge is 2.34. The molecule has 3 aromatic rings. The molecule has 1 amide bonds. The van der Waals surface area contributed by atoms with Crippen LogP contribution in [0.4, 0.5) is 24.7 Å². The number of aliphatic imine (C=N–C) groups is 1. The van der Waals surface area contributed by atoms with Crippen LogP contribution in [0.5, 0.6) is 0 Å². The lowest BCUT2D eigenvalue weighted by Crippen LogP contribution is -2.22. The molecule has 31 heavy (non-hydrogen) atoms. The summed E-state index contributed by atoms with van der Waals surface area (Å²) >= 11 is 5.86. The number of nitrogens with one attached hydrogen (secondary N) is 1. The van der Waals surface area contributed by atoms with E-state index >= 15 is 0 Å². The molecule has 0 bridgehead atoms. The number of carbonyl (C=O) groups is 1. The van der Waals surface area contributed by atoms with Crippen molar-refractivity contribution < 1.29 is 18.0 Å². The van der Waals surface area contributed by atoms with Crippen LogP contribution in [-0.4, -0.2) is 32.7 Å². The van der Waals surface area contributed by atoms with E-state index in [2.05, 4.69) is 25.3 Å². The Morgan fingerprint density at radius 3 is 2.48 bits per heavy atom. The Labute approximate surface area is 179 Å². The molecule has 3 N–H and O–H groups in total. The van der Waals surface area contributed by atoms with E-state index in [1.165, 1.54) is 49.1 Å². The van der Waals surface area contributed by atoms with Crippen molar-refractivity contribution in [3.63, 3.8) is 0 Å². The minimum absolute atomic E-state index is 0.0157. The van der Waals surface area contributed by atoms with Gasteiger partial charge in [0, 0.05) is 29.9 Å². The summed E-state index contributed by atoms with van der Waals surface area (Å²) in [5.41, 5.74) is 5.06. The largest absolute Gasteiger partial charge is 0.433 e. The SMILES string of the molecule is NC(=CC(=Nc1ccc(NC(=O)c2cccnc2Cl)cn1)C(F)(F)F)c1cccnc1. The second kappa shape index (κ2) is 9.35. The Balaban J connectivity index is 1.82. The number of amides is 1. The van der Waals surface area contributed by atoms with Crippen LogP contribution in [0.15, 0.2) is 72.3 Å². The quantitative estimate of drug-likeness (QED) is 0.446. The summed E-state index contributed by atoms with van der Waals surface area (Å²) < 4.78 is 40.2. The van der Waals surface area contributed by atoms with Gasteiger partial charge in [0.15, 0.2) is 5.82 Å². The van der Waals surface area contributed by atoms with E-state index < -0.39 is 17.8 Å². The van der Waals surface area contributed by atoms with Crippen molar-refractivity contribution in [2.75, 3.05) is 5.32 Å². The van der Waals surface area contributed by atoms with E-state index in [0.717, 1.165) is 0 Å². The van der Waals surface area contributed by atoms with E-state index in [-0.39, 0.29) is 27.9 Å². The Hall–Kier alpha value is -3.79. The average Bonchev–Trinajstić information content (AvgIpc) is 2.74. The Morgan fingerprint density at radius 2 is 1.87 bits per heavy atom. The van der Waals surface area contributed by atoms with Crippen LogP contribution < -0.4 is 11.1 Å². The van der Waals surface area contributed by atoms with Crippen LogP contribution in [0.3, 0.4) is 0 Å². The number of hydrogen-bond donors (Lipinski definition) is 2. The fourth-order valence-electron chi connectivity index (χ4n) is 2.35. The van der Waals surface area contributed by atoms with Gasteiger partial charge in [-0.2, -0.15) is 13.2 Å². The summed E-state index contributed by atoms with van der Waals surface area (Å²) in [4.78, 5) is 27.2. The van der Waals surface area contributed by atoms with Gasteiger partial charge in [0.05, 0.1) is 17.4 Å². The number of pyridine rings is 3. The van der Waals surface area contributed by atoms with Crippen molar-refractivity contribution in [1.82, 2.24) is 15.0 Å². The molecule has 0 aliphatic carbocycles. The first-order valence-electron chi connectivity index (χ1n) is 8.65. The Kier molecular flexibility index (Phi) is 6.61. The zero-order chi connectivity index (χ0) is 22.4. The highest BCUT2D eigenvalue weighted by atomic mass is 35.5. The second-order valence-electron chi connectivity index (χ2n) is 6.04. The summed E-state index contributed by atoms with van der Waals surface area (Å²) in [7, 11) is 0. The molecule has 0 aliphatic rings. The zero-order valence-electron chi connectivity index (χ0n) is 15.6. The summed E-state index contributed by atoms with van der Waals surface area (Å²) in [6.45, 7) is 0. The molecule has 0 atom stereocenters. The molecular formula is C20H14ClF3N6O. The van der Waals surface area contributed by atoms with Crippen molar-refractivity contribution >= 4 is 40.4 Å². The molecule has 0 aromatic carbocycles. The van der Waals surface area contributed by atoms with Crippen LogP contribution in [0.2, 0.25) is 5.15 Å². The summed E-state index contributed by atoms with van der Waals surface area (Å²) in [5, 5.41) is 2.54. The molecule has 0 spiro atoms. The maximum Gasteiger partial charge on any atom is 0.433 e. The number of nitrogens with zero attached hydrogens (tertiary/aromatic N) is 4. The monoisotopic (exact) mass is 446 g/mol. The maximum absolute atomic E-state index is 13.4. The smallest absolute Gasteiger partial charge is 0.398 e. The lowest BCUT2D eigenvalue weighted by molar-refractivity contribution is -0.0576. The van der Waals surface area contributed by atoms with E-state index in [4.69, 9.17) is 17.3 Å². The molecule has 0 aliphatic heterocycles. The van der Waals surface area contributed by atoms with Crippen molar-refractivity contribution in [3.8, 4) is 0 Å². The minimum Gasteiger partial charge on any atom is -0.398 e. The maximum atomic E-state index is 13.4. The van der Waals surface area contributed by atoms with E-state index in [9.17, 15) is 18.0 Å². The first-order valence-corrected chi connectivity index (χ1v) is 9.03. The third-order valence-electron chi connectivity index (χ3n) is 3.82. The fourth-order valence-corrected chi connectivity index (χ4v) is 2.55. The van der Waals surface area contributed by atoms with Gasteiger partial charge in [-0.05, 0) is 42.5 Å². The lowest BCUT2D eigenvalue weighted by Gasteiger charge is -2.09. The number of hydrogen-bond acceptors (Lipinski definition) is 6. The highest BCUT2D eigenvalue weighted by Crippen LogP contribution is 2.24. The molecule has 0 fully saturated rings. The fraction of sp³-hybridized carbons (Fsp3) is 0.0500. The third kappa shape index (κ3) is 5.86. The van der Waals surface area contributed by atoms with Crippen LogP contribution in [-0.2, 0) is 0 Å². The van der Waals surface area contributed by atoms with Gasteiger partial charge in [-0.1, -0.05) is 11.6 Å². The van der Waals surface area contributed by atoms with Crippen LogP contribution in [0.1, 0.15) is 15.9 Å². The van der Waals surface area contributed by atoms with Gasteiger partial charge >= 0.3 is 6.18 Å². The first-order chi connectivity index (χ1) is 14.7. The lowest BCUT2D eigenvalue weighted by atomic mass is 10.2. The number of aromatic nitrogens is 3. The molecule has 3 aromatic heterocycles. The predicted molar refractivity (Wildman–Crippen MR) is 111 cm³/mol. The van der Waals surface area contributed by atoms with Crippen molar-refractivity contribution in [3.05, 3.63) is 83.5 Å². The van der Waals surface area contributed by atoms with Gasteiger partial charge < -0.3 is 11.1 Å². The van der Waals surface area contributed by atoms with Crippen molar-refractivity contribution in [2.24, 2.45) is 10.7 Å². The van der Waals surface area contributed by atoms with Gasteiger partial charge in [0.25, 0.3) is 5.91 Å². The molecular weight excluding hydrogens is 433 g/mol. The molecule has 3 rings (SSSR count). The average molecular weight is 447 g/mol. The topological polar surface area (TPSA) is 106 Å². The number of anilines is 1. The number of carbonyl (C=O) groups excluding carboxylic acids is 1. The summed E-state index contributed by atoms with van der Waals surface area (Å²) in [6.07, 6.45) is 1.35. The molecule has 158 valence electrons. The first kappa shape index (κ1) is 21.9. The number of allylic oxidation sites excluding steroid dienone is 1. The number of rotatable bonds is 5. The minimum atomic E-state index is -4.77. The normalized spacial score (nSPS) is 12.5. The van der Waals surface area contributed by atoms with Crippen LogP contribution in [0.25, 0.3) is 5.70 Å². The summed E-state index contributed by atoms with van der Waals surface area (Å²) in [5.74, 6) is -0.765. The molecule has 0 saturated carbocycles. The molecule has 0 saturated heterocycles. The van der Waals surface area contributed by atoms with E-state index in [1.54, 1.807) is 12.1 Å². The highest BCUT2D eigenvalue weighted by molar-refractivity contribution is 6.33. The molecule has 11 heteroatoms. The number of nitrogens with two attached hydrogens (primary N) is 1. The predicted octanol–water partition coefficient (Wildman–Crippen LogP) is 4.41. The van der Waals surface area contributed by atoms with Crippen molar-refractivity contribution in [2.45, 2.75) is 6.18 Å². The Morgan fingerprint density at radius 1 is 1.10 bits per heavy atom. The summed E-state index contributed by atoms with van der Waals surface area (Å²) in [6, 6.07) is 8.67. The standard InChI is InChI=1S/C20H14ClF3N6O/c21-18-14(4-2-8-27-18)19(31)29-13-5-6-17(28-11-13)30-16(20(22,23)24)9-15(25)12-3-1-7-26-10-12/h1-11H,25H2,(H,29,31). The number of halogens is 4. The Bertz CT molecular complexity index is 1130. The zero-order valence-corrected chi connectivity index (χ0v) is 16.4. The van der Waals surface area contributed by atoms with Crippen LogP contribution in [0, 0.1) is 0 Å². The van der Waals surface area contributed by atoms with Gasteiger partial charge in [-0.15, -0.1) is 0 Å². The van der Waals surface area contributed by atoms with Gasteiger partial charge in [0.1, 0.15) is 10.9 Å².